The van der Waals surface area contributed by atoms with Gasteiger partial charge in [0.1, 0.15) is 12.1 Å². The first kappa shape index (κ1) is 23.2. The van der Waals surface area contributed by atoms with Crippen LogP contribution in [-0.4, -0.2) is 53.3 Å². The molecule has 2 atom stereocenters. The van der Waals surface area contributed by atoms with Gasteiger partial charge in [0.2, 0.25) is 5.91 Å². The van der Waals surface area contributed by atoms with Gasteiger partial charge in [0.05, 0.1) is 11.9 Å². The summed E-state index contributed by atoms with van der Waals surface area (Å²) < 4.78 is 2.03. The van der Waals surface area contributed by atoms with Crippen LogP contribution < -0.4 is 5.32 Å². The molecule has 1 aliphatic heterocycles. The highest BCUT2D eigenvalue weighted by Gasteiger charge is 2.38. The molecule has 3 heterocycles. The summed E-state index contributed by atoms with van der Waals surface area (Å²) in [6, 6.07) is 1.62. The number of fused-ring (bicyclic) bond motifs is 1. The van der Waals surface area contributed by atoms with Crippen LogP contribution in [0.15, 0.2) is 18.6 Å². The first-order chi connectivity index (χ1) is 15.4. The average molecular weight is 455 g/mol. The minimum absolute atomic E-state index is 0.120. The van der Waals surface area contributed by atoms with Gasteiger partial charge in [-0.3, -0.25) is 9.48 Å². The third-order valence-corrected chi connectivity index (χ3v) is 6.68. The summed E-state index contributed by atoms with van der Waals surface area (Å²) in [6.45, 7) is 11.0. The van der Waals surface area contributed by atoms with E-state index in [9.17, 15) is 14.7 Å². The average Bonchev–Trinajstić information content (AvgIpc) is 3.22. The van der Waals surface area contributed by atoms with Gasteiger partial charge < -0.3 is 15.3 Å². The van der Waals surface area contributed by atoms with Crippen molar-refractivity contribution in [3.05, 3.63) is 24.3 Å². The first-order valence-corrected chi connectivity index (χ1v) is 11.6. The van der Waals surface area contributed by atoms with Crippen molar-refractivity contribution >= 4 is 17.8 Å². The van der Waals surface area contributed by atoms with Crippen LogP contribution in [0.1, 0.15) is 66.0 Å². The molecule has 4 rings (SSSR count). The number of carbonyl (C=O) groups excluding carboxylic acids is 1. The Hall–Kier alpha value is -2.97. The van der Waals surface area contributed by atoms with Gasteiger partial charge in [-0.1, -0.05) is 20.3 Å². The predicted molar refractivity (Wildman–Crippen MR) is 125 cm³/mol. The molecule has 0 aromatic carbocycles. The maximum atomic E-state index is 13.1. The van der Waals surface area contributed by atoms with Crippen LogP contribution in [0.2, 0.25) is 0 Å². The molecule has 0 radical (unpaired) electrons. The fourth-order valence-electron chi connectivity index (χ4n) is 5.29. The summed E-state index contributed by atoms with van der Waals surface area (Å²) in [4.78, 5) is 35.1. The fourth-order valence-corrected chi connectivity index (χ4v) is 5.29. The molecule has 9 nitrogen and oxygen atoms in total. The Morgan fingerprint density at radius 1 is 1.24 bits per heavy atom. The van der Waals surface area contributed by atoms with Gasteiger partial charge in [0, 0.05) is 41.4 Å². The second kappa shape index (κ2) is 8.43. The van der Waals surface area contributed by atoms with Gasteiger partial charge in [-0.05, 0) is 51.9 Å². The van der Waals surface area contributed by atoms with E-state index in [4.69, 9.17) is 0 Å². The zero-order chi connectivity index (χ0) is 24.0. The molecule has 9 heteroatoms. The second-order valence-corrected chi connectivity index (χ2v) is 11.1. The highest BCUT2D eigenvalue weighted by molar-refractivity contribution is 5.92. The predicted octanol–water partition coefficient (Wildman–Crippen LogP) is 4.20. The maximum Gasteiger partial charge on any atom is 0.407 e. The zero-order valence-corrected chi connectivity index (χ0v) is 20.1. The molecular weight excluding hydrogens is 420 g/mol. The number of nitrogens with zero attached hydrogens (tertiary/aromatic N) is 5. The summed E-state index contributed by atoms with van der Waals surface area (Å²) in [5.41, 5.74) is 2.51. The molecule has 178 valence electrons. The van der Waals surface area contributed by atoms with E-state index in [0.717, 1.165) is 49.2 Å². The SMILES string of the molecule is CC1(C)Cc2c(-c3cc(NC(=O)[C@H]4CCC[C@@H](N(C(=O)O)C(C)(C)C)C4)ncn3)cnn2C1. The van der Waals surface area contributed by atoms with Gasteiger partial charge >= 0.3 is 6.09 Å². The van der Waals surface area contributed by atoms with Crippen molar-refractivity contribution in [2.24, 2.45) is 11.3 Å². The van der Waals surface area contributed by atoms with Crippen LogP contribution in [0, 0.1) is 11.3 Å². The van der Waals surface area contributed by atoms with E-state index >= 15 is 0 Å². The Morgan fingerprint density at radius 3 is 2.70 bits per heavy atom. The molecule has 33 heavy (non-hydrogen) atoms. The van der Waals surface area contributed by atoms with Gasteiger partial charge in [-0.25, -0.2) is 14.8 Å². The number of carboxylic acid groups (broad SMARTS) is 1. The van der Waals surface area contributed by atoms with Gasteiger partial charge in [-0.15, -0.1) is 0 Å². The maximum absolute atomic E-state index is 13.1. The van der Waals surface area contributed by atoms with Crippen LogP contribution in [-0.2, 0) is 17.8 Å². The summed E-state index contributed by atoms with van der Waals surface area (Å²) in [5.74, 6) is 0.0766. The highest BCUT2D eigenvalue weighted by atomic mass is 16.4. The minimum atomic E-state index is -0.939. The molecule has 2 aromatic heterocycles. The number of hydrogen-bond donors (Lipinski definition) is 2. The molecule has 1 aliphatic carbocycles. The van der Waals surface area contributed by atoms with E-state index in [0.29, 0.717) is 12.2 Å². The Labute approximate surface area is 194 Å². The molecular formula is C24H34N6O3. The molecule has 2 N–H and O–H groups in total. The second-order valence-electron chi connectivity index (χ2n) is 11.1. The number of hydrogen-bond acceptors (Lipinski definition) is 5. The molecule has 0 bridgehead atoms. The lowest BCUT2D eigenvalue weighted by molar-refractivity contribution is -0.121. The van der Waals surface area contributed by atoms with Crippen LogP contribution in [0.5, 0.6) is 0 Å². The Kier molecular flexibility index (Phi) is 5.92. The molecule has 0 unspecified atom stereocenters. The van der Waals surface area contributed by atoms with Crippen LogP contribution in [0.25, 0.3) is 11.3 Å². The van der Waals surface area contributed by atoms with Crippen molar-refractivity contribution in [3.63, 3.8) is 0 Å². The van der Waals surface area contributed by atoms with E-state index in [2.05, 4.69) is 34.2 Å². The number of aromatic nitrogens is 4. The lowest BCUT2D eigenvalue weighted by atomic mass is 9.83. The molecule has 0 spiro atoms. The van der Waals surface area contributed by atoms with Crippen molar-refractivity contribution < 1.29 is 14.7 Å². The number of carbonyl (C=O) groups is 2. The van der Waals surface area contributed by atoms with Crippen molar-refractivity contribution in [2.45, 2.75) is 84.8 Å². The third-order valence-electron chi connectivity index (χ3n) is 6.68. The summed E-state index contributed by atoms with van der Waals surface area (Å²) >= 11 is 0. The standard InChI is InChI=1S/C24H34N6O3/c1-23(2,3)30(22(32)33)16-8-6-7-15(9-16)21(31)28-20-10-18(25-14-26-20)17-12-27-29-13-24(4,5)11-19(17)29/h10,12,14-16H,6-9,11,13H2,1-5H3,(H,32,33)(H,25,26,28,31)/t15-,16+/m0/s1. The molecule has 2 aromatic rings. The van der Waals surface area contributed by atoms with Crippen molar-refractivity contribution in [1.82, 2.24) is 24.6 Å². The monoisotopic (exact) mass is 454 g/mol. The number of rotatable bonds is 4. The third kappa shape index (κ3) is 4.86. The Bertz CT molecular complexity index is 1050. The quantitative estimate of drug-likeness (QED) is 0.716. The molecule has 1 saturated carbocycles. The highest BCUT2D eigenvalue weighted by Crippen LogP contribution is 2.37. The molecule has 2 aliphatic rings. The lowest BCUT2D eigenvalue weighted by Crippen LogP contribution is -2.53. The molecule has 0 saturated heterocycles. The Balaban J connectivity index is 1.47. The van der Waals surface area contributed by atoms with E-state index in [1.807, 2.05) is 31.6 Å². The normalized spacial score (nSPS) is 22.0. The van der Waals surface area contributed by atoms with Gasteiger partial charge in [0.15, 0.2) is 0 Å². The number of amides is 2. The van der Waals surface area contributed by atoms with Crippen LogP contribution in [0.3, 0.4) is 0 Å². The number of anilines is 1. The lowest BCUT2D eigenvalue weighted by Gasteiger charge is -2.42. The first-order valence-electron chi connectivity index (χ1n) is 11.6. The van der Waals surface area contributed by atoms with Crippen molar-refractivity contribution in [2.75, 3.05) is 5.32 Å². The van der Waals surface area contributed by atoms with E-state index in [1.165, 1.54) is 11.2 Å². The molecule has 1 fully saturated rings. The minimum Gasteiger partial charge on any atom is -0.465 e. The van der Waals surface area contributed by atoms with Gasteiger partial charge in [-0.2, -0.15) is 5.10 Å². The van der Waals surface area contributed by atoms with E-state index in [1.54, 1.807) is 6.07 Å². The smallest absolute Gasteiger partial charge is 0.407 e. The summed E-state index contributed by atoms with van der Waals surface area (Å²) in [7, 11) is 0. The van der Waals surface area contributed by atoms with Crippen molar-refractivity contribution in [3.8, 4) is 11.3 Å². The summed E-state index contributed by atoms with van der Waals surface area (Å²) in [6.07, 6.45) is 6.12. The fraction of sp³-hybridized carbons (Fsp3) is 0.625. The van der Waals surface area contributed by atoms with Crippen LogP contribution >= 0.6 is 0 Å². The van der Waals surface area contributed by atoms with Gasteiger partial charge in [0.25, 0.3) is 0 Å². The largest absolute Gasteiger partial charge is 0.465 e. The Morgan fingerprint density at radius 2 is 2.00 bits per heavy atom. The topological polar surface area (TPSA) is 113 Å². The molecule has 2 amide bonds. The van der Waals surface area contributed by atoms with Crippen LogP contribution in [0.4, 0.5) is 10.6 Å². The summed E-state index contributed by atoms with van der Waals surface area (Å²) in [5, 5.41) is 17.2. The number of nitrogens with one attached hydrogen (secondary N) is 1. The van der Waals surface area contributed by atoms with Crippen molar-refractivity contribution in [1.29, 1.82) is 0 Å². The van der Waals surface area contributed by atoms with E-state index < -0.39 is 11.6 Å². The zero-order valence-electron chi connectivity index (χ0n) is 20.1. The van der Waals surface area contributed by atoms with E-state index in [-0.39, 0.29) is 23.3 Å².